The lowest BCUT2D eigenvalue weighted by molar-refractivity contribution is 0.102. The van der Waals surface area contributed by atoms with Gasteiger partial charge in [0.15, 0.2) is 0 Å². The van der Waals surface area contributed by atoms with Crippen LogP contribution in [0.15, 0.2) is 77.6 Å². The summed E-state index contributed by atoms with van der Waals surface area (Å²) in [6, 6.07) is 19.6. The molecule has 160 valence electrons. The van der Waals surface area contributed by atoms with E-state index >= 15 is 0 Å². The van der Waals surface area contributed by atoms with Crippen LogP contribution in [-0.2, 0) is 0 Å². The molecule has 0 spiro atoms. The number of aryl methyl sites for hydroxylation is 2. The van der Waals surface area contributed by atoms with Crippen LogP contribution in [0.25, 0.3) is 16.8 Å². The first-order valence-electron chi connectivity index (χ1n) is 9.88. The molecule has 3 aromatic carbocycles. The predicted molar refractivity (Wildman–Crippen MR) is 124 cm³/mol. The topological polar surface area (TPSA) is 64.0 Å². The monoisotopic (exact) mass is 447 g/mol. The third-order valence-electron chi connectivity index (χ3n) is 5.02. The lowest BCUT2D eigenvalue weighted by Gasteiger charge is -2.18. The van der Waals surface area contributed by atoms with Gasteiger partial charge in [-0.05, 0) is 55.8 Å². The fraction of sp³-hybridized carbons (Fsp3) is 0.0800. The second kappa shape index (κ2) is 8.77. The van der Waals surface area contributed by atoms with E-state index < -0.39 is 11.7 Å². The molecule has 0 saturated heterocycles. The highest BCUT2D eigenvalue weighted by atomic mass is 35.5. The second-order valence-electron chi connectivity index (χ2n) is 7.33. The van der Waals surface area contributed by atoms with Gasteiger partial charge < -0.3 is 5.32 Å². The summed E-state index contributed by atoms with van der Waals surface area (Å²) < 4.78 is 15.0. The Morgan fingerprint density at radius 3 is 2.28 bits per heavy atom. The first-order chi connectivity index (χ1) is 15.3. The van der Waals surface area contributed by atoms with E-state index in [1.54, 1.807) is 31.2 Å². The van der Waals surface area contributed by atoms with Gasteiger partial charge in [-0.3, -0.25) is 9.59 Å². The summed E-state index contributed by atoms with van der Waals surface area (Å²) in [5.41, 5.74) is 2.58. The molecule has 4 aromatic rings. The smallest absolute Gasteiger partial charge is 0.258 e. The van der Waals surface area contributed by atoms with E-state index in [2.05, 4.69) is 10.4 Å². The maximum Gasteiger partial charge on any atom is 0.258 e. The first kappa shape index (κ1) is 21.5. The summed E-state index contributed by atoms with van der Waals surface area (Å²) in [4.78, 5) is 26.3. The Hall–Kier alpha value is -3.77. The van der Waals surface area contributed by atoms with Crippen LogP contribution in [0.4, 0.5) is 10.2 Å². The number of rotatable bonds is 4. The number of aromatic nitrogens is 2. The molecule has 0 aliphatic rings. The van der Waals surface area contributed by atoms with Crippen molar-refractivity contribution in [1.29, 1.82) is 0 Å². The molecule has 0 fully saturated rings. The third-order valence-corrected chi connectivity index (χ3v) is 5.35. The largest absolute Gasteiger partial charge is 0.306 e. The minimum absolute atomic E-state index is 0.168. The Bertz CT molecular complexity index is 1360. The Morgan fingerprint density at radius 2 is 1.62 bits per heavy atom. The molecule has 4 rings (SSSR count). The van der Waals surface area contributed by atoms with Gasteiger partial charge in [-0.1, -0.05) is 53.6 Å². The number of halogens is 2. The van der Waals surface area contributed by atoms with Crippen LogP contribution < -0.4 is 10.7 Å². The van der Waals surface area contributed by atoms with E-state index in [1.165, 1.54) is 28.9 Å². The highest BCUT2D eigenvalue weighted by Crippen LogP contribution is 2.28. The zero-order valence-corrected chi connectivity index (χ0v) is 18.2. The standard InChI is InChI=1S/C25H19ClFN3O2/c1-15-7-9-17(10-8-15)22-23(31)16(2)29-30(19-13-11-18(27)12-14-19)24(22)28-25(32)20-5-3-4-6-21(20)26/h3-14H,1-2H3,(H,28,32). The van der Waals surface area contributed by atoms with E-state index in [0.717, 1.165) is 5.56 Å². The van der Waals surface area contributed by atoms with Crippen LogP contribution >= 0.6 is 11.6 Å². The Kier molecular flexibility index (Phi) is 5.88. The van der Waals surface area contributed by atoms with Crippen molar-refractivity contribution < 1.29 is 9.18 Å². The molecule has 0 atom stereocenters. The van der Waals surface area contributed by atoms with Crippen molar-refractivity contribution in [3.05, 3.63) is 111 Å². The number of nitrogens with zero attached hydrogens (tertiary/aromatic N) is 2. The molecule has 0 aliphatic heterocycles. The van der Waals surface area contributed by atoms with Gasteiger partial charge >= 0.3 is 0 Å². The maximum atomic E-state index is 13.5. The Morgan fingerprint density at radius 1 is 0.969 bits per heavy atom. The SMILES string of the molecule is Cc1ccc(-c2c(NC(=O)c3ccccc3Cl)n(-c3ccc(F)cc3)nc(C)c2=O)cc1. The highest BCUT2D eigenvalue weighted by Gasteiger charge is 2.21. The number of amides is 1. The van der Waals surface area contributed by atoms with E-state index in [0.29, 0.717) is 11.3 Å². The van der Waals surface area contributed by atoms with Crippen molar-refractivity contribution in [1.82, 2.24) is 9.78 Å². The molecule has 1 N–H and O–H groups in total. The summed E-state index contributed by atoms with van der Waals surface area (Å²) >= 11 is 6.20. The van der Waals surface area contributed by atoms with Gasteiger partial charge in [0.25, 0.3) is 5.91 Å². The number of anilines is 1. The van der Waals surface area contributed by atoms with Gasteiger partial charge in [0.05, 0.1) is 21.8 Å². The fourth-order valence-electron chi connectivity index (χ4n) is 3.33. The number of carbonyl (C=O) groups is 1. The molecule has 7 heteroatoms. The van der Waals surface area contributed by atoms with E-state index in [4.69, 9.17) is 11.6 Å². The lowest BCUT2D eigenvalue weighted by atomic mass is 10.0. The van der Waals surface area contributed by atoms with Crippen molar-refractivity contribution in [3.63, 3.8) is 0 Å². The fourth-order valence-corrected chi connectivity index (χ4v) is 3.55. The summed E-state index contributed by atoms with van der Waals surface area (Å²) in [5, 5.41) is 7.47. The van der Waals surface area contributed by atoms with Gasteiger partial charge in [0, 0.05) is 0 Å². The van der Waals surface area contributed by atoms with Crippen LogP contribution in [0.2, 0.25) is 5.02 Å². The zero-order chi connectivity index (χ0) is 22.8. The summed E-state index contributed by atoms with van der Waals surface area (Å²) in [6.07, 6.45) is 0. The summed E-state index contributed by atoms with van der Waals surface area (Å²) in [7, 11) is 0. The molecule has 32 heavy (non-hydrogen) atoms. The van der Waals surface area contributed by atoms with Gasteiger partial charge in [0.1, 0.15) is 17.3 Å². The van der Waals surface area contributed by atoms with Crippen molar-refractivity contribution in [2.24, 2.45) is 0 Å². The molecule has 1 heterocycles. The second-order valence-corrected chi connectivity index (χ2v) is 7.73. The molecule has 0 unspecified atom stereocenters. The van der Waals surface area contributed by atoms with Gasteiger partial charge in [-0.25, -0.2) is 9.07 Å². The van der Waals surface area contributed by atoms with E-state index in [-0.39, 0.29) is 33.1 Å². The maximum absolute atomic E-state index is 13.5. The van der Waals surface area contributed by atoms with Crippen LogP contribution in [0.1, 0.15) is 21.6 Å². The number of hydrogen-bond acceptors (Lipinski definition) is 3. The number of nitrogens with one attached hydrogen (secondary N) is 1. The molecule has 0 radical (unpaired) electrons. The highest BCUT2D eigenvalue weighted by molar-refractivity contribution is 6.34. The van der Waals surface area contributed by atoms with Gasteiger partial charge in [0.2, 0.25) is 5.43 Å². The average molecular weight is 448 g/mol. The van der Waals surface area contributed by atoms with E-state index in [9.17, 15) is 14.0 Å². The van der Waals surface area contributed by atoms with Crippen molar-refractivity contribution in [3.8, 4) is 16.8 Å². The normalized spacial score (nSPS) is 10.8. The molecule has 0 bridgehead atoms. The van der Waals surface area contributed by atoms with E-state index in [1.807, 2.05) is 31.2 Å². The average Bonchev–Trinajstić information content (AvgIpc) is 2.78. The van der Waals surface area contributed by atoms with Crippen LogP contribution in [0.5, 0.6) is 0 Å². The molecule has 5 nitrogen and oxygen atoms in total. The van der Waals surface area contributed by atoms with Gasteiger partial charge in [-0.2, -0.15) is 5.10 Å². The molecule has 0 aliphatic carbocycles. The number of carbonyl (C=O) groups excluding carboxylic acids is 1. The van der Waals surface area contributed by atoms with Crippen LogP contribution in [0.3, 0.4) is 0 Å². The quantitative estimate of drug-likeness (QED) is 0.445. The van der Waals surface area contributed by atoms with Crippen molar-refractivity contribution >= 4 is 23.3 Å². The third kappa shape index (κ3) is 4.18. The van der Waals surface area contributed by atoms with Gasteiger partial charge in [-0.15, -0.1) is 0 Å². The van der Waals surface area contributed by atoms with Crippen molar-refractivity contribution in [2.75, 3.05) is 5.32 Å². The minimum Gasteiger partial charge on any atom is -0.306 e. The number of benzene rings is 3. The number of hydrogen-bond donors (Lipinski definition) is 1. The zero-order valence-electron chi connectivity index (χ0n) is 17.4. The Balaban J connectivity index is 1.97. The Labute approximate surface area is 189 Å². The summed E-state index contributed by atoms with van der Waals surface area (Å²) in [5.74, 6) is -0.738. The van der Waals surface area contributed by atoms with Crippen molar-refractivity contribution in [2.45, 2.75) is 13.8 Å². The molecular formula is C25H19ClFN3O2. The lowest BCUT2D eigenvalue weighted by Crippen LogP contribution is -2.25. The first-order valence-corrected chi connectivity index (χ1v) is 10.3. The van der Waals surface area contributed by atoms with Crippen LogP contribution in [-0.4, -0.2) is 15.7 Å². The molecule has 1 aromatic heterocycles. The predicted octanol–water partition coefficient (Wildman–Crippen LogP) is 5.56. The summed E-state index contributed by atoms with van der Waals surface area (Å²) in [6.45, 7) is 3.54. The molecular weight excluding hydrogens is 429 g/mol. The molecule has 0 saturated carbocycles. The minimum atomic E-state index is -0.495. The van der Waals surface area contributed by atoms with Crippen LogP contribution in [0, 0.1) is 19.7 Å². The molecule has 1 amide bonds.